The van der Waals surface area contributed by atoms with Gasteiger partial charge in [0.25, 0.3) is 0 Å². The van der Waals surface area contributed by atoms with E-state index in [1.54, 1.807) is 0 Å². The van der Waals surface area contributed by atoms with Crippen molar-refractivity contribution < 1.29 is 31.5 Å². The first kappa shape index (κ1) is 17.7. The summed E-state index contributed by atoms with van der Waals surface area (Å²) in [5, 5.41) is 2.77. The number of hydrogen-bond donors (Lipinski definition) is 1. The third kappa shape index (κ3) is 4.94. The lowest BCUT2D eigenvalue weighted by molar-refractivity contribution is -0.274. The highest BCUT2D eigenvalue weighted by molar-refractivity contribution is 5.96. The van der Waals surface area contributed by atoms with Crippen molar-refractivity contribution in [2.45, 2.75) is 12.8 Å². The molecule has 24 heavy (non-hydrogen) atoms. The zero-order valence-electron chi connectivity index (χ0n) is 12.2. The number of hydrogen-bond acceptors (Lipinski definition) is 3. The molecule has 8 heteroatoms. The summed E-state index contributed by atoms with van der Waals surface area (Å²) in [5.41, 5.74) is -0.167. The van der Waals surface area contributed by atoms with Crippen molar-refractivity contribution in [3.63, 3.8) is 0 Å². The average molecular weight is 345 g/mol. The summed E-state index contributed by atoms with van der Waals surface area (Å²) in [6, 6.07) is 8.00. The Morgan fingerprint density at radius 2 is 1.58 bits per heavy atom. The molecule has 0 atom stereocenters. The predicted molar refractivity (Wildman–Crippen MR) is 76.9 cm³/mol. The van der Waals surface area contributed by atoms with Crippen LogP contribution in [0.2, 0.25) is 0 Å². The smallest absolute Gasteiger partial charge is 0.406 e. The van der Waals surface area contributed by atoms with Crippen molar-refractivity contribution >= 4 is 11.5 Å². The molecule has 0 bridgehead atoms. The summed E-state index contributed by atoms with van der Waals surface area (Å²) in [4.78, 5) is 11.8. The highest BCUT2D eigenvalue weighted by Gasteiger charge is 2.30. The highest BCUT2D eigenvalue weighted by Crippen LogP contribution is 2.24. The van der Waals surface area contributed by atoms with Gasteiger partial charge in [-0.25, -0.2) is 8.78 Å². The summed E-state index contributed by atoms with van der Waals surface area (Å²) in [7, 11) is 0. The summed E-state index contributed by atoms with van der Waals surface area (Å²) in [6.07, 6.45) is -4.95. The molecule has 0 saturated carbocycles. The van der Waals surface area contributed by atoms with Crippen LogP contribution >= 0.6 is 0 Å². The fraction of sp³-hybridized carbons (Fsp3) is 0.188. The molecule has 0 fully saturated rings. The number of Topliss-reactive ketones (excluding diaryl/α,β-unsaturated/α-hetero) is 1. The van der Waals surface area contributed by atoms with Crippen LogP contribution in [0.4, 0.5) is 27.6 Å². The number of anilines is 1. The van der Waals surface area contributed by atoms with Gasteiger partial charge in [-0.15, -0.1) is 13.2 Å². The molecule has 1 N–H and O–H groups in total. The lowest BCUT2D eigenvalue weighted by Crippen LogP contribution is -2.17. The van der Waals surface area contributed by atoms with Crippen molar-refractivity contribution in [3.05, 3.63) is 59.7 Å². The monoisotopic (exact) mass is 345 g/mol. The molecule has 128 valence electrons. The lowest BCUT2D eigenvalue weighted by Gasteiger charge is -2.10. The summed E-state index contributed by atoms with van der Waals surface area (Å²) >= 11 is 0. The van der Waals surface area contributed by atoms with Gasteiger partial charge in [0.15, 0.2) is 5.78 Å². The number of ether oxygens (including phenoxy) is 1. The molecule has 0 aromatic heterocycles. The first-order valence-electron chi connectivity index (χ1n) is 6.83. The lowest BCUT2D eigenvalue weighted by atomic mass is 10.1. The van der Waals surface area contributed by atoms with E-state index in [4.69, 9.17) is 0 Å². The maximum atomic E-state index is 13.4. The van der Waals surface area contributed by atoms with Gasteiger partial charge in [0.05, 0.1) is 5.56 Å². The Morgan fingerprint density at radius 1 is 1.00 bits per heavy atom. The molecule has 0 unspecified atom stereocenters. The molecule has 0 saturated heterocycles. The average Bonchev–Trinajstić information content (AvgIpc) is 2.47. The van der Waals surface area contributed by atoms with Crippen LogP contribution in [0.3, 0.4) is 0 Å². The topological polar surface area (TPSA) is 38.3 Å². The maximum Gasteiger partial charge on any atom is 0.573 e. The van der Waals surface area contributed by atoms with Gasteiger partial charge < -0.3 is 10.1 Å². The standard InChI is InChI=1S/C16H12F5NO2/c17-12-2-1-3-13(18)15(12)14(23)8-9-22-10-4-6-11(7-5-10)24-16(19,20)21/h1-7,22H,8-9H2. The minimum Gasteiger partial charge on any atom is -0.406 e. The molecule has 0 amide bonds. The third-order valence-electron chi connectivity index (χ3n) is 3.01. The van der Waals surface area contributed by atoms with E-state index in [9.17, 15) is 26.7 Å². The SMILES string of the molecule is O=C(CCNc1ccc(OC(F)(F)F)cc1)c1c(F)cccc1F. The second-order valence-electron chi connectivity index (χ2n) is 4.77. The number of alkyl halides is 3. The number of nitrogens with one attached hydrogen (secondary N) is 1. The van der Waals surface area contributed by atoms with E-state index in [0.717, 1.165) is 30.3 Å². The molecular formula is C16H12F5NO2. The molecular weight excluding hydrogens is 333 g/mol. The summed E-state index contributed by atoms with van der Waals surface area (Å²) in [5.74, 6) is -2.96. The van der Waals surface area contributed by atoms with E-state index < -0.39 is 29.3 Å². The first-order valence-corrected chi connectivity index (χ1v) is 6.83. The Morgan fingerprint density at radius 3 is 2.12 bits per heavy atom. The van der Waals surface area contributed by atoms with Gasteiger partial charge in [-0.2, -0.15) is 0 Å². The first-order chi connectivity index (χ1) is 11.3. The predicted octanol–water partition coefficient (Wildman–Crippen LogP) is 4.55. The van der Waals surface area contributed by atoms with Gasteiger partial charge in [-0.3, -0.25) is 4.79 Å². The number of halogens is 5. The summed E-state index contributed by atoms with van der Waals surface area (Å²) < 4.78 is 66.7. The van der Waals surface area contributed by atoms with Crippen LogP contribution in [-0.4, -0.2) is 18.7 Å². The van der Waals surface area contributed by atoms with Gasteiger partial charge in [0, 0.05) is 18.7 Å². The van der Waals surface area contributed by atoms with Crippen molar-refractivity contribution in [2.75, 3.05) is 11.9 Å². The van der Waals surface area contributed by atoms with E-state index in [2.05, 4.69) is 10.1 Å². The van der Waals surface area contributed by atoms with Crippen molar-refractivity contribution in [1.29, 1.82) is 0 Å². The van der Waals surface area contributed by atoms with E-state index in [-0.39, 0.29) is 18.7 Å². The minimum absolute atomic E-state index is 0.0616. The number of benzene rings is 2. The van der Waals surface area contributed by atoms with Crippen molar-refractivity contribution in [1.82, 2.24) is 0 Å². The Kier molecular flexibility index (Phi) is 5.38. The van der Waals surface area contributed by atoms with Gasteiger partial charge in [-0.05, 0) is 36.4 Å². The molecule has 2 aromatic carbocycles. The molecule has 0 spiro atoms. The Bertz CT molecular complexity index is 693. The second-order valence-corrected chi connectivity index (χ2v) is 4.77. The van der Waals surface area contributed by atoms with E-state index in [1.807, 2.05) is 0 Å². The highest BCUT2D eigenvalue weighted by atomic mass is 19.4. The zero-order chi connectivity index (χ0) is 17.7. The van der Waals surface area contributed by atoms with Crippen LogP contribution in [0.5, 0.6) is 5.75 Å². The number of carbonyl (C=O) groups is 1. The van der Waals surface area contributed by atoms with Crippen LogP contribution in [0.25, 0.3) is 0 Å². The fourth-order valence-electron chi connectivity index (χ4n) is 1.98. The van der Waals surface area contributed by atoms with Crippen LogP contribution in [0.15, 0.2) is 42.5 Å². The van der Waals surface area contributed by atoms with Gasteiger partial charge in [0.2, 0.25) is 0 Å². The van der Waals surface area contributed by atoms with E-state index in [1.165, 1.54) is 12.1 Å². The number of carbonyl (C=O) groups excluding carboxylic acids is 1. The molecule has 2 aromatic rings. The molecule has 3 nitrogen and oxygen atoms in total. The quantitative estimate of drug-likeness (QED) is 0.617. The maximum absolute atomic E-state index is 13.4. The number of rotatable bonds is 6. The van der Waals surface area contributed by atoms with E-state index in [0.29, 0.717) is 5.69 Å². The second kappa shape index (κ2) is 7.29. The molecule has 2 rings (SSSR count). The Balaban J connectivity index is 1.89. The largest absolute Gasteiger partial charge is 0.573 e. The molecule has 0 heterocycles. The molecule has 0 aliphatic carbocycles. The van der Waals surface area contributed by atoms with E-state index >= 15 is 0 Å². The molecule has 0 radical (unpaired) electrons. The minimum atomic E-state index is -4.77. The summed E-state index contributed by atoms with van der Waals surface area (Å²) in [6.45, 7) is 0.0616. The molecule has 0 aliphatic heterocycles. The van der Waals surface area contributed by atoms with Gasteiger partial charge in [0.1, 0.15) is 17.4 Å². The van der Waals surface area contributed by atoms with Gasteiger partial charge in [-0.1, -0.05) is 6.07 Å². The molecule has 0 aliphatic rings. The van der Waals surface area contributed by atoms with Crippen LogP contribution in [-0.2, 0) is 0 Å². The zero-order valence-corrected chi connectivity index (χ0v) is 12.2. The Labute approximate surface area is 134 Å². The fourth-order valence-corrected chi connectivity index (χ4v) is 1.98. The van der Waals surface area contributed by atoms with Crippen LogP contribution < -0.4 is 10.1 Å². The third-order valence-corrected chi connectivity index (χ3v) is 3.01. The normalized spacial score (nSPS) is 11.2. The van der Waals surface area contributed by atoms with Crippen molar-refractivity contribution in [2.24, 2.45) is 0 Å². The Hall–Kier alpha value is -2.64. The van der Waals surface area contributed by atoms with Crippen LogP contribution in [0, 0.1) is 11.6 Å². The number of ketones is 1. The van der Waals surface area contributed by atoms with Crippen molar-refractivity contribution in [3.8, 4) is 5.75 Å². The van der Waals surface area contributed by atoms with Gasteiger partial charge >= 0.3 is 6.36 Å². The van der Waals surface area contributed by atoms with Crippen LogP contribution in [0.1, 0.15) is 16.8 Å².